The molecule has 3 rings (SSSR count). The van der Waals surface area contributed by atoms with Crippen LogP contribution in [0.15, 0.2) is 64.2 Å². The van der Waals surface area contributed by atoms with Crippen molar-refractivity contribution in [1.29, 1.82) is 0 Å². The lowest BCUT2D eigenvalue weighted by atomic mass is 10.0. The normalized spacial score (nSPS) is 10.2. The van der Waals surface area contributed by atoms with Crippen LogP contribution in [0.3, 0.4) is 0 Å². The molecule has 2 aromatic carbocycles. The van der Waals surface area contributed by atoms with E-state index < -0.39 is 0 Å². The number of aromatic nitrogens is 1. The van der Waals surface area contributed by atoms with Gasteiger partial charge in [0.05, 0.1) is 6.54 Å². The van der Waals surface area contributed by atoms with E-state index in [-0.39, 0.29) is 6.54 Å². The van der Waals surface area contributed by atoms with E-state index >= 15 is 0 Å². The molecule has 0 aliphatic carbocycles. The topological polar surface area (TPSA) is 74.8 Å². The Kier molecular flexibility index (Phi) is 3.90. The third kappa shape index (κ3) is 2.71. The molecule has 5 heteroatoms. The van der Waals surface area contributed by atoms with Crippen molar-refractivity contribution in [2.24, 2.45) is 5.11 Å². The summed E-state index contributed by atoms with van der Waals surface area (Å²) in [4.78, 5) is 2.80. The summed E-state index contributed by atoms with van der Waals surface area (Å²) in [7, 11) is 0. The Hall–Kier alpha value is -3.04. The van der Waals surface area contributed by atoms with Crippen LogP contribution in [0.25, 0.3) is 32.8 Å². The van der Waals surface area contributed by atoms with Crippen molar-refractivity contribution in [3.8, 4) is 22.4 Å². The highest BCUT2D eigenvalue weighted by Gasteiger charge is 2.13. The number of hydrogen-bond donors (Lipinski definition) is 0. The average molecular weight is 290 g/mol. The molecule has 0 amide bonds. The number of nitrogens with zero attached hydrogens (tertiary/aromatic N) is 4. The molecule has 1 aromatic heterocycles. The summed E-state index contributed by atoms with van der Waals surface area (Å²) in [6.45, 7) is 2.05. The Morgan fingerprint density at radius 2 is 1.64 bits per heavy atom. The molecule has 0 atom stereocenters. The maximum Gasteiger partial charge on any atom is 0.137 e. The average Bonchev–Trinajstić information content (AvgIpc) is 2.94. The van der Waals surface area contributed by atoms with E-state index in [2.05, 4.69) is 27.3 Å². The van der Waals surface area contributed by atoms with Crippen molar-refractivity contribution in [1.82, 2.24) is 5.16 Å². The van der Waals surface area contributed by atoms with Gasteiger partial charge in [-0.05, 0) is 23.6 Å². The van der Waals surface area contributed by atoms with Crippen LogP contribution in [-0.4, -0.2) is 5.16 Å². The molecular formula is C17H14N4O. The van der Waals surface area contributed by atoms with Crippen molar-refractivity contribution in [3.05, 3.63) is 76.4 Å². The fourth-order valence-electron chi connectivity index (χ4n) is 2.36. The fourth-order valence-corrected chi connectivity index (χ4v) is 2.36. The van der Waals surface area contributed by atoms with Gasteiger partial charge < -0.3 is 4.52 Å². The van der Waals surface area contributed by atoms with Gasteiger partial charge in [0, 0.05) is 16.0 Å². The quantitative estimate of drug-likeness (QED) is 0.379. The van der Waals surface area contributed by atoms with Crippen LogP contribution in [0.2, 0.25) is 0 Å². The second-order valence-electron chi connectivity index (χ2n) is 4.90. The van der Waals surface area contributed by atoms with Gasteiger partial charge in [-0.1, -0.05) is 64.9 Å². The Morgan fingerprint density at radius 1 is 1.00 bits per heavy atom. The predicted molar refractivity (Wildman–Crippen MR) is 85.0 cm³/mol. The Labute approximate surface area is 127 Å². The maximum absolute atomic E-state index is 8.49. The van der Waals surface area contributed by atoms with Crippen molar-refractivity contribution in [2.75, 3.05) is 0 Å². The fraction of sp³-hybridized carbons (Fsp3) is 0.118. The molecule has 0 radical (unpaired) electrons. The molecule has 0 fully saturated rings. The van der Waals surface area contributed by atoms with Gasteiger partial charge in [0.1, 0.15) is 11.5 Å². The molecule has 3 aromatic rings. The van der Waals surface area contributed by atoms with E-state index in [0.717, 1.165) is 22.4 Å². The van der Waals surface area contributed by atoms with E-state index in [1.165, 1.54) is 5.56 Å². The van der Waals surface area contributed by atoms with Crippen LogP contribution in [-0.2, 0) is 6.54 Å². The number of azide groups is 1. The molecule has 0 unspecified atom stereocenters. The minimum Gasteiger partial charge on any atom is -0.361 e. The van der Waals surface area contributed by atoms with E-state index in [0.29, 0.717) is 5.76 Å². The van der Waals surface area contributed by atoms with Gasteiger partial charge in [-0.25, -0.2) is 0 Å². The Morgan fingerprint density at radius 3 is 2.32 bits per heavy atom. The summed E-state index contributed by atoms with van der Waals surface area (Å²) in [6, 6.07) is 18.3. The van der Waals surface area contributed by atoms with Crippen molar-refractivity contribution in [2.45, 2.75) is 13.5 Å². The van der Waals surface area contributed by atoms with Crippen LogP contribution >= 0.6 is 0 Å². The summed E-state index contributed by atoms with van der Waals surface area (Å²) >= 11 is 0. The first kappa shape index (κ1) is 13.9. The number of rotatable bonds is 4. The maximum atomic E-state index is 8.49. The lowest BCUT2D eigenvalue weighted by molar-refractivity contribution is 0.398. The molecule has 0 saturated heterocycles. The first-order chi connectivity index (χ1) is 10.8. The summed E-state index contributed by atoms with van der Waals surface area (Å²) in [5.74, 6) is 0.675. The molecule has 5 nitrogen and oxygen atoms in total. The number of hydrogen-bond acceptors (Lipinski definition) is 3. The molecule has 0 bridgehead atoms. The number of benzene rings is 2. The summed E-state index contributed by atoms with van der Waals surface area (Å²) in [6.07, 6.45) is 0. The SMILES string of the molecule is Cc1onc(-c2ccc(-c3ccccc3)cc2)c1CN=[N+]=[N-]. The molecule has 0 aliphatic rings. The second kappa shape index (κ2) is 6.16. The summed E-state index contributed by atoms with van der Waals surface area (Å²) in [5.41, 5.74) is 13.3. The van der Waals surface area contributed by atoms with Crippen molar-refractivity contribution >= 4 is 0 Å². The molecule has 0 N–H and O–H groups in total. The van der Waals surface area contributed by atoms with Gasteiger partial charge in [-0.3, -0.25) is 0 Å². The highest BCUT2D eigenvalue weighted by Crippen LogP contribution is 2.28. The lowest BCUT2D eigenvalue weighted by Crippen LogP contribution is -1.87. The zero-order valence-corrected chi connectivity index (χ0v) is 12.1. The van der Waals surface area contributed by atoms with Gasteiger partial charge in [0.2, 0.25) is 0 Å². The van der Waals surface area contributed by atoms with Gasteiger partial charge >= 0.3 is 0 Å². The third-order valence-corrected chi connectivity index (χ3v) is 3.54. The van der Waals surface area contributed by atoms with E-state index in [4.69, 9.17) is 10.1 Å². The monoisotopic (exact) mass is 290 g/mol. The van der Waals surface area contributed by atoms with Gasteiger partial charge in [0.15, 0.2) is 0 Å². The zero-order chi connectivity index (χ0) is 15.4. The molecule has 0 aliphatic heterocycles. The molecule has 0 saturated carbocycles. The summed E-state index contributed by atoms with van der Waals surface area (Å²) < 4.78 is 5.23. The van der Waals surface area contributed by atoms with E-state index in [9.17, 15) is 0 Å². The third-order valence-electron chi connectivity index (χ3n) is 3.54. The van der Waals surface area contributed by atoms with Gasteiger partial charge in [0.25, 0.3) is 0 Å². The first-order valence-electron chi connectivity index (χ1n) is 6.91. The van der Waals surface area contributed by atoms with Crippen molar-refractivity contribution in [3.63, 3.8) is 0 Å². The largest absolute Gasteiger partial charge is 0.361 e. The molecular weight excluding hydrogens is 276 g/mol. The van der Waals surface area contributed by atoms with Crippen molar-refractivity contribution < 1.29 is 4.52 Å². The van der Waals surface area contributed by atoms with Gasteiger partial charge in [-0.15, -0.1) is 0 Å². The van der Waals surface area contributed by atoms with Crippen LogP contribution in [0.5, 0.6) is 0 Å². The molecule has 1 heterocycles. The molecule has 0 spiro atoms. The number of aryl methyl sites for hydroxylation is 1. The summed E-state index contributed by atoms with van der Waals surface area (Å²) in [5, 5.41) is 7.69. The zero-order valence-electron chi connectivity index (χ0n) is 12.1. The first-order valence-corrected chi connectivity index (χ1v) is 6.91. The molecule has 108 valence electrons. The lowest BCUT2D eigenvalue weighted by Gasteiger charge is -2.04. The van der Waals surface area contributed by atoms with E-state index in [1.807, 2.05) is 49.4 Å². The van der Waals surface area contributed by atoms with E-state index in [1.54, 1.807) is 0 Å². The second-order valence-corrected chi connectivity index (χ2v) is 4.90. The minimum atomic E-state index is 0.238. The van der Waals surface area contributed by atoms with Crippen LogP contribution < -0.4 is 0 Å². The van der Waals surface area contributed by atoms with Crippen LogP contribution in [0.1, 0.15) is 11.3 Å². The predicted octanol–water partition coefficient (Wildman–Crippen LogP) is 5.13. The highest BCUT2D eigenvalue weighted by molar-refractivity contribution is 5.70. The highest BCUT2D eigenvalue weighted by atomic mass is 16.5. The van der Waals surface area contributed by atoms with Crippen LogP contribution in [0, 0.1) is 6.92 Å². The van der Waals surface area contributed by atoms with Gasteiger partial charge in [-0.2, -0.15) is 0 Å². The standard InChI is InChI=1S/C17H14N4O/c1-12-16(11-19-21-18)17(20-22-12)15-9-7-14(8-10-15)13-5-3-2-4-6-13/h2-10H,11H2,1H3. The Bertz CT molecular complexity index is 816. The molecule has 22 heavy (non-hydrogen) atoms. The Balaban J connectivity index is 1.95. The van der Waals surface area contributed by atoms with Crippen LogP contribution in [0.4, 0.5) is 0 Å². The smallest absolute Gasteiger partial charge is 0.137 e. The minimum absolute atomic E-state index is 0.238.